The predicted octanol–water partition coefficient (Wildman–Crippen LogP) is 1.96. The van der Waals surface area contributed by atoms with Gasteiger partial charge in [0.1, 0.15) is 0 Å². The number of methoxy groups -OCH3 is 1. The average Bonchev–Trinajstić information content (AvgIpc) is 3.14. The highest BCUT2D eigenvalue weighted by molar-refractivity contribution is 7.12. The van der Waals surface area contributed by atoms with Gasteiger partial charge < -0.3 is 20.4 Å². The Morgan fingerprint density at radius 1 is 1.59 bits per heavy atom. The summed E-state index contributed by atoms with van der Waals surface area (Å²) in [6, 6.07) is 2.73. The van der Waals surface area contributed by atoms with Gasteiger partial charge in [-0.15, -0.1) is 11.3 Å². The normalized spacial score (nSPS) is 26.9. The standard InChI is InChI=1S/C21H34N4O3S/c1-4-18-9-19-20(29-18)5-8-28-21(19)6-7-25(15(2)10-21)13-16(24-22)11-23-12-17(26)14-27-3/h9,11,15,17,26H,4-8,10,12-14,22H2,1-3H3/b23-11?,24-16+/t15-,17?,21+/m0/s1. The molecule has 0 aromatic carbocycles. The van der Waals surface area contributed by atoms with Crippen LogP contribution in [0.4, 0.5) is 0 Å². The predicted molar refractivity (Wildman–Crippen MR) is 118 cm³/mol. The van der Waals surface area contributed by atoms with Crippen molar-refractivity contribution in [3.8, 4) is 0 Å². The van der Waals surface area contributed by atoms with Crippen molar-refractivity contribution in [1.82, 2.24) is 4.90 Å². The van der Waals surface area contributed by atoms with Crippen LogP contribution in [0.2, 0.25) is 0 Å². The van der Waals surface area contributed by atoms with Crippen molar-refractivity contribution >= 4 is 23.3 Å². The Morgan fingerprint density at radius 2 is 2.41 bits per heavy atom. The number of aliphatic imine (C=N–C) groups is 1. The second-order valence-electron chi connectivity index (χ2n) is 7.99. The Morgan fingerprint density at radius 3 is 3.10 bits per heavy atom. The van der Waals surface area contributed by atoms with E-state index in [2.05, 4.69) is 34.9 Å². The molecule has 2 aliphatic heterocycles. The molecule has 0 amide bonds. The van der Waals surface area contributed by atoms with Crippen LogP contribution in [0.25, 0.3) is 0 Å². The molecular formula is C21H34N4O3S. The molecule has 29 heavy (non-hydrogen) atoms. The summed E-state index contributed by atoms with van der Waals surface area (Å²) in [6.07, 6.45) is 5.13. The van der Waals surface area contributed by atoms with Crippen LogP contribution in [0.15, 0.2) is 16.2 Å². The van der Waals surface area contributed by atoms with Crippen LogP contribution >= 0.6 is 11.3 Å². The maximum atomic E-state index is 9.71. The first-order chi connectivity index (χ1) is 14.0. The van der Waals surface area contributed by atoms with Gasteiger partial charge in [-0.3, -0.25) is 9.89 Å². The van der Waals surface area contributed by atoms with E-state index in [4.69, 9.17) is 15.3 Å². The van der Waals surface area contributed by atoms with Crippen molar-refractivity contribution in [3.05, 3.63) is 21.4 Å². The molecule has 3 atom stereocenters. The number of hydrogen-bond acceptors (Lipinski definition) is 8. The lowest BCUT2D eigenvalue weighted by Gasteiger charge is -2.47. The Bertz CT molecular complexity index is 736. The number of aliphatic hydroxyl groups is 1. The Balaban J connectivity index is 1.62. The van der Waals surface area contributed by atoms with E-state index in [9.17, 15) is 5.11 Å². The summed E-state index contributed by atoms with van der Waals surface area (Å²) in [5.41, 5.74) is 2.00. The van der Waals surface area contributed by atoms with Gasteiger partial charge in [0.25, 0.3) is 0 Å². The van der Waals surface area contributed by atoms with Crippen LogP contribution in [-0.4, -0.2) is 74.0 Å². The lowest BCUT2D eigenvalue weighted by molar-refractivity contribution is -0.108. The maximum Gasteiger partial charge on any atom is 0.0969 e. The van der Waals surface area contributed by atoms with E-state index in [1.54, 1.807) is 13.3 Å². The minimum absolute atomic E-state index is 0.147. The molecule has 1 spiro atoms. The monoisotopic (exact) mass is 422 g/mol. The highest BCUT2D eigenvalue weighted by atomic mass is 32.1. The van der Waals surface area contributed by atoms with Crippen LogP contribution in [0.3, 0.4) is 0 Å². The molecule has 0 radical (unpaired) electrons. The number of hydrogen-bond donors (Lipinski definition) is 2. The average molecular weight is 423 g/mol. The van der Waals surface area contributed by atoms with Crippen LogP contribution in [0, 0.1) is 0 Å². The molecular weight excluding hydrogens is 388 g/mol. The van der Waals surface area contributed by atoms with Crippen LogP contribution in [0.1, 0.15) is 42.0 Å². The molecule has 1 aromatic heterocycles. The first kappa shape index (κ1) is 22.4. The maximum absolute atomic E-state index is 9.71. The fourth-order valence-electron chi connectivity index (χ4n) is 4.36. The van der Waals surface area contributed by atoms with Crippen LogP contribution in [-0.2, 0) is 27.9 Å². The molecule has 3 rings (SSSR count). The molecule has 0 bridgehead atoms. The Labute approximate surface area is 177 Å². The number of nitrogens with two attached hydrogens (primary N) is 1. The summed E-state index contributed by atoms with van der Waals surface area (Å²) >= 11 is 1.96. The third-order valence-electron chi connectivity index (χ3n) is 5.90. The van der Waals surface area contributed by atoms with Crippen molar-refractivity contribution in [1.29, 1.82) is 0 Å². The molecule has 162 valence electrons. The first-order valence-electron chi connectivity index (χ1n) is 10.4. The summed E-state index contributed by atoms with van der Waals surface area (Å²) < 4.78 is 11.3. The fourth-order valence-corrected chi connectivity index (χ4v) is 5.54. The van der Waals surface area contributed by atoms with Crippen LogP contribution < -0.4 is 5.84 Å². The number of fused-ring (bicyclic) bond motifs is 2. The summed E-state index contributed by atoms with van der Waals surface area (Å²) in [5, 5.41) is 13.6. The molecule has 1 unspecified atom stereocenters. The topological polar surface area (TPSA) is 92.7 Å². The molecule has 0 aliphatic carbocycles. The van der Waals surface area contributed by atoms with Gasteiger partial charge in [-0.1, -0.05) is 6.92 Å². The second-order valence-corrected chi connectivity index (χ2v) is 9.21. The lowest BCUT2D eigenvalue weighted by atomic mass is 9.79. The lowest BCUT2D eigenvalue weighted by Crippen LogP contribution is -2.51. The fraction of sp³-hybridized carbons (Fsp3) is 0.714. The molecule has 1 aromatic rings. The quantitative estimate of drug-likeness (QED) is 0.380. The number of aryl methyl sites for hydroxylation is 1. The van der Waals surface area contributed by atoms with Gasteiger partial charge in [-0.25, -0.2) is 0 Å². The van der Waals surface area contributed by atoms with Gasteiger partial charge in [0.2, 0.25) is 0 Å². The molecule has 1 saturated heterocycles. The number of likely N-dealkylation sites (tertiary alicyclic amines) is 1. The van der Waals surface area contributed by atoms with Crippen molar-refractivity contribution in [3.63, 3.8) is 0 Å². The third-order valence-corrected chi connectivity index (χ3v) is 7.24. The Kier molecular flexibility index (Phi) is 7.81. The van der Waals surface area contributed by atoms with E-state index in [-0.39, 0.29) is 18.8 Å². The van der Waals surface area contributed by atoms with Gasteiger partial charge in [0.15, 0.2) is 0 Å². The number of ether oxygens (including phenoxy) is 2. The third kappa shape index (κ3) is 5.24. The van der Waals surface area contributed by atoms with Crippen molar-refractivity contribution in [2.75, 3.05) is 40.0 Å². The molecule has 3 heterocycles. The summed E-state index contributed by atoms with van der Waals surface area (Å²) in [5.74, 6) is 5.59. The Hall–Kier alpha value is -1.32. The largest absolute Gasteiger partial charge is 0.389 e. The second kappa shape index (κ2) is 10.1. The summed E-state index contributed by atoms with van der Waals surface area (Å²) in [6.45, 7) is 7.40. The number of nitrogens with zero attached hydrogens (tertiary/aromatic N) is 3. The molecule has 8 heteroatoms. The minimum atomic E-state index is -0.611. The zero-order valence-corrected chi connectivity index (χ0v) is 18.6. The highest BCUT2D eigenvalue weighted by Crippen LogP contribution is 2.46. The van der Waals surface area contributed by atoms with E-state index >= 15 is 0 Å². The molecule has 7 nitrogen and oxygen atoms in total. The molecule has 3 N–H and O–H groups in total. The van der Waals surface area contributed by atoms with E-state index < -0.39 is 6.10 Å². The van der Waals surface area contributed by atoms with Gasteiger partial charge in [0, 0.05) is 48.6 Å². The zero-order chi connectivity index (χ0) is 20.9. The minimum Gasteiger partial charge on any atom is -0.389 e. The summed E-state index contributed by atoms with van der Waals surface area (Å²) in [4.78, 5) is 9.62. The van der Waals surface area contributed by atoms with E-state index in [0.29, 0.717) is 18.3 Å². The summed E-state index contributed by atoms with van der Waals surface area (Å²) in [7, 11) is 1.56. The highest BCUT2D eigenvalue weighted by Gasteiger charge is 2.44. The van der Waals surface area contributed by atoms with E-state index in [1.807, 2.05) is 11.3 Å². The van der Waals surface area contributed by atoms with Crippen molar-refractivity contribution in [2.24, 2.45) is 15.9 Å². The number of piperidine rings is 1. The molecule has 2 aliphatic rings. The molecule has 0 saturated carbocycles. The first-order valence-corrected chi connectivity index (χ1v) is 11.3. The van der Waals surface area contributed by atoms with Crippen molar-refractivity contribution in [2.45, 2.75) is 57.3 Å². The van der Waals surface area contributed by atoms with Crippen molar-refractivity contribution < 1.29 is 14.6 Å². The van der Waals surface area contributed by atoms with Gasteiger partial charge >= 0.3 is 0 Å². The van der Waals surface area contributed by atoms with Gasteiger partial charge in [-0.05, 0) is 37.8 Å². The number of aliphatic hydroxyl groups excluding tert-OH is 1. The molecule has 1 fully saturated rings. The van der Waals surface area contributed by atoms with E-state index in [0.717, 1.165) is 38.8 Å². The van der Waals surface area contributed by atoms with Crippen LogP contribution in [0.5, 0.6) is 0 Å². The SMILES string of the molecule is CCc1cc2c(s1)CCO[C@@]21CCN(C/C(C=NCC(O)COC)=N/N)[C@@H](C)C1. The van der Waals surface area contributed by atoms with Gasteiger partial charge in [0.05, 0.1) is 37.2 Å². The zero-order valence-electron chi connectivity index (χ0n) is 17.8. The smallest absolute Gasteiger partial charge is 0.0969 e. The van der Waals surface area contributed by atoms with E-state index in [1.165, 1.54) is 15.3 Å². The number of rotatable bonds is 8. The number of hydrazone groups is 1. The number of thiophene rings is 1. The van der Waals surface area contributed by atoms with Gasteiger partial charge in [-0.2, -0.15) is 5.10 Å².